The van der Waals surface area contributed by atoms with E-state index in [1.165, 1.54) is 12.6 Å². The van der Waals surface area contributed by atoms with E-state index < -0.39 is 11.8 Å². The minimum Gasteiger partial charge on any atom is -0.462 e. The van der Waals surface area contributed by atoms with Crippen molar-refractivity contribution in [3.8, 4) is 6.07 Å². The molecule has 1 aromatic rings. The van der Waals surface area contributed by atoms with E-state index in [9.17, 15) is 14.4 Å². The van der Waals surface area contributed by atoms with E-state index in [-0.39, 0.29) is 48.8 Å². The van der Waals surface area contributed by atoms with E-state index >= 15 is 0 Å². The quantitative estimate of drug-likeness (QED) is 0.290. The Morgan fingerprint density at radius 1 is 1.02 bits per heavy atom. The first kappa shape index (κ1) is 29.6. The Balaban J connectivity index is 1.14. The van der Waals surface area contributed by atoms with Crippen LogP contribution in [0.15, 0.2) is 12.4 Å². The Morgan fingerprint density at radius 2 is 1.78 bits per heavy atom. The number of hydrogen-bond acceptors (Lipinski definition) is 8. The molecule has 1 aromatic heterocycles. The summed E-state index contributed by atoms with van der Waals surface area (Å²) in [6.45, 7) is 8.19. The topological polar surface area (TPSA) is 121 Å². The van der Waals surface area contributed by atoms with Crippen molar-refractivity contribution < 1.29 is 28.6 Å². The van der Waals surface area contributed by atoms with Crippen LogP contribution in [-0.2, 0) is 30.3 Å². The van der Waals surface area contributed by atoms with Gasteiger partial charge in [-0.05, 0) is 99.7 Å². The first-order chi connectivity index (χ1) is 19.5. The lowest BCUT2D eigenvalue weighted by atomic mass is 9.49. The molecule has 8 atom stereocenters. The molecule has 224 valence electrons. The highest BCUT2D eigenvalue weighted by Gasteiger charge is 2.59. The number of nitriles is 1. The summed E-state index contributed by atoms with van der Waals surface area (Å²) in [6.07, 6.45) is 11.9. The third-order valence-corrected chi connectivity index (χ3v) is 11.0. The number of aromatic nitrogens is 2. The van der Waals surface area contributed by atoms with Crippen molar-refractivity contribution in [1.29, 1.82) is 5.26 Å². The van der Waals surface area contributed by atoms with Gasteiger partial charge in [-0.3, -0.25) is 14.3 Å². The molecule has 0 spiro atoms. The second-order valence-corrected chi connectivity index (χ2v) is 13.8. The van der Waals surface area contributed by atoms with Gasteiger partial charge in [0.15, 0.2) is 5.78 Å². The van der Waals surface area contributed by atoms with Crippen LogP contribution in [0.1, 0.15) is 91.0 Å². The lowest BCUT2D eigenvalue weighted by Gasteiger charge is -2.57. The fourth-order valence-corrected chi connectivity index (χ4v) is 9.13. The van der Waals surface area contributed by atoms with E-state index in [0.717, 1.165) is 51.4 Å². The molecule has 9 nitrogen and oxygen atoms in total. The Labute approximate surface area is 243 Å². The summed E-state index contributed by atoms with van der Waals surface area (Å²) in [4.78, 5) is 37.4. The Hall–Kier alpha value is -2.89. The standard InChI is InChI=1S/C32H45N3O6/c1-20(2)29(37)39-13-14-40-30(38)41-31(3)11-9-23-22(15-31)5-6-25-24(23)10-12-32(4)26(25)7-8-27(32)28(36)19-35-18-21(16-33)17-34-35/h17-18,20,22-27H,5-15,19H2,1-4H3/t22-,23+,24-,25+,26+,27-,31-,32+/m1/s1. The third kappa shape index (κ3) is 6.03. The summed E-state index contributed by atoms with van der Waals surface area (Å²) < 4.78 is 17.7. The van der Waals surface area contributed by atoms with Gasteiger partial charge in [0, 0.05) is 12.1 Å². The molecular weight excluding hydrogens is 522 g/mol. The highest BCUT2D eigenvalue weighted by molar-refractivity contribution is 5.82. The molecule has 0 unspecified atom stereocenters. The monoisotopic (exact) mass is 567 g/mol. The van der Waals surface area contributed by atoms with Crippen LogP contribution in [0.25, 0.3) is 0 Å². The second kappa shape index (κ2) is 11.8. The van der Waals surface area contributed by atoms with Crippen LogP contribution in [0, 0.1) is 58.2 Å². The number of ketones is 1. The van der Waals surface area contributed by atoms with Crippen molar-refractivity contribution in [2.24, 2.45) is 46.8 Å². The molecule has 0 amide bonds. The van der Waals surface area contributed by atoms with Gasteiger partial charge in [-0.2, -0.15) is 10.4 Å². The van der Waals surface area contributed by atoms with Crippen LogP contribution >= 0.6 is 0 Å². The van der Waals surface area contributed by atoms with Crippen LogP contribution in [0.5, 0.6) is 0 Å². The van der Waals surface area contributed by atoms with Gasteiger partial charge in [-0.25, -0.2) is 4.79 Å². The molecule has 5 rings (SSSR count). The molecule has 0 radical (unpaired) electrons. The first-order valence-electron chi connectivity index (χ1n) is 15.5. The Morgan fingerprint density at radius 3 is 2.51 bits per heavy atom. The molecule has 0 N–H and O–H groups in total. The molecule has 4 aliphatic carbocycles. The van der Waals surface area contributed by atoms with Gasteiger partial charge in [0.2, 0.25) is 0 Å². The van der Waals surface area contributed by atoms with Gasteiger partial charge < -0.3 is 14.2 Å². The number of carbonyl (C=O) groups is 3. The van der Waals surface area contributed by atoms with E-state index in [0.29, 0.717) is 35.2 Å². The van der Waals surface area contributed by atoms with Crippen LogP contribution in [0.3, 0.4) is 0 Å². The summed E-state index contributed by atoms with van der Waals surface area (Å²) in [5, 5.41) is 13.3. The molecule has 0 bridgehead atoms. The van der Waals surface area contributed by atoms with E-state index in [2.05, 4.69) is 18.1 Å². The van der Waals surface area contributed by atoms with Gasteiger partial charge in [-0.15, -0.1) is 0 Å². The van der Waals surface area contributed by atoms with Crippen molar-refractivity contribution >= 4 is 17.9 Å². The fraction of sp³-hybridized carbons (Fsp3) is 0.781. The fourth-order valence-electron chi connectivity index (χ4n) is 9.13. The molecule has 0 saturated heterocycles. The molecule has 0 aliphatic heterocycles. The van der Waals surface area contributed by atoms with Crippen molar-refractivity contribution in [2.75, 3.05) is 13.2 Å². The van der Waals surface area contributed by atoms with Crippen molar-refractivity contribution in [2.45, 2.75) is 97.6 Å². The molecule has 41 heavy (non-hydrogen) atoms. The van der Waals surface area contributed by atoms with Crippen LogP contribution in [-0.4, -0.2) is 46.5 Å². The first-order valence-corrected chi connectivity index (χ1v) is 15.5. The van der Waals surface area contributed by atoms with Gasteiger partial charge in [0.1, 0.15) is 24.9 Å². The predicted octanol–water partition coefficient (Wildman–Crippen LogP) is 5.70. The summed E-state index contributed by atoms with van der Waals surface area (Å²) >= 11 is 0. The van der Waals surface area contributed by atoms with Crippen molar-refractivity contribution in [1.82, 2.24) is 9.78 Å². The molecule has 0 aromatic carbocycles. The molecule has 9 heteroatoms. The van der Waals surface area contributed by atoms with E-state index in [4.69, 9.17) is 19.5 Å². The zero-order valence-electron chi connectivity index (χ0n) is 25.0. The molecule has 4 saturated carbocycles. The summed E-state index contributed by atoms with van der Waals surface area (Å²) in [6, 6.07) is 2.09. The summed E-state index contributed by atoms with van der Waals surface area (Å²) in [5.41, 5.74) is -0.0116. The SMILES string of the molecule is CC(C)C(=O)OCCOC(=O)O[C@]1(C)CC[C@H]2[C@H](CC[C@H]3[C@@H]2CC[C@]2(C)[C@@H](C(=O)Cn4cc(C#N)cn4)CC[C@@H]32)C1. The lowest BCUT2D eigenvalue weighted by Crippen LogP contribution is -2.51. The Bertz CT molecular complexity index is 1190. The maximum atomic E-state index is 13.4. The molecular formula is C32H45N3O6. The maximum absolute atomic E-state index is 13.4. The van der Waals surface area contributed by atoms with Crippen LogP contribution in [0.2, 0.25) is 0 Å². The summed E-state index contributed by atoms with van der Waals surface area (Å²) in [5.74, 6) is 2.88. The minimum atomic E-state index is -0.686. The molecule has 1 heterocycles. The third-order valence-electron chi connectivity index (χ3n) is 11.0. The van der Waals surface area contributed by atoms with Crippen LogP contribution in [0.4, 0.5) is 4.79 Å². The summed E-state index contributed by atoms with van der Waals surface area (Å²) in [7, 11) is 0. The number of carbonyl (C=O) groups excluding carboxylic acids is 3. The second-order valence-electron chi connectivity index (χ2n) is 13.8. The predicted molar refractivity (Wildman–Crippen MR) is 149 cm³/mol. The Kier molecular flexibility index (Phi) is 8.50. The van der Waals surface area contributed by atoms with Crippen molar-refractivity contribution in [3.05, 3.63) is 18.0 Å². The largest absolute Gasteiger partial charge is 0.508 e. The normalized spacial score (nSPS) is 35.9. The van der Waals surface area contributed by atoms with Gasteiger partial charge in [0.25, 0.3) is 0 Å². The average Bonchev–Trinajstić information content (AvgIpc) is 3.53. The number of hydrogen-bond donors (Lipinski definition) is 0. The zero-order valence-corrected chi connectivity index (χ0v) is 25.0. The smallest absolute Gasteiger partial charge is 0.462 e. The molecule has 4 aliphatic rings. The number of Topliss-reactive ketones (excluding diaryl/α,β-unsaturated/α-hetero) is 1. The minimum absolute atomic E-state index is 0.00428. The van der Waals surface area contributed by atoms with E-state index in [1.807, 2.05) is 6.92 Å². The highest BCUT2D eigenvalue weighted by atomic mass is 16.7. The number of nitrogens with zero attached hydrogens (tertiary/aromatic N) is 3. The van der Waals surface area contributed by atoms with Gasteiger partial charge >= 0.3 is 12.1 Å². The van der Waals surface area contributed by atoms with Gasteiger partial charge in [0.05, 0.1) is 24.2 Å². The number of esters is 1. The lowest BCUT2D eigenvalue weighted by molar-refractivity contribution is -0.149. The number of fused-ring (bicyclic) bond motifs is 5. The zero-order chi connectivity index (χ0) is 29.4. The van der Waals surface area contributed by atoms with Gasteiger partial charge in [-0.1, -0.05) is 20.8 Å². The van der Waals surface area contributed by atoms with E-state index in [1.54, 1.807) is 24.7 Å². The van der Waals surface area contributed by atoms with Crippen molar-refractivity contribution in [3.63, 3.8) is 0 Å². The number of rotatable bonds is 8. The number of ether oxygens (including phenoxy) is 3. The highest BCUT2D eigenvalue weighted by Crippen LogP contribution is 2.64. The maximum Gasteiger partial charge on any atom is 0.508 e. The van der Waals surface area contributed by atoms with Crippen LogP contribution < -0.4 is 0 Å². The molecule has 4 fully saturated rings. The average molecular weight is 568 g/mol.